The summed E-state index contributed by atoms with van der Waals surface area (Å²) in [7, 11) is 0. The van der Waals surface area contributed by atoms with Gasteiger partial charge >= 0.3 is 5.82 Å². The molecule has 0 aliphatic heterocycles. The first kappa shape index (κ1) is 17.1. The molecule has 0 aliphatic carbocycles. The van der Waals surface area contributed by atoms with Gasteiger partial charge in [-0.15, -0.1) is 0 Å². The Morgan fingerprint density at radius 3 is 2.57 bits per heavy atom. The van der Waals surface area contributed by atoms with Gasteiger partial charge < -0.3 is 15.4 Å². The zero-order chi connectivity index (χ0) is 17.0. The van der Waals surface area contributed by atoms with Crippen LogP contribution in [0.25, 0.3) is 0 Å². The van der Waals surface area contributed by atoms with Crippen LogP contribution in [0.4, 0.5) is 11.5 Å². The van der Waals surface area contributed by atoms with Crippen LogP contribution in [0.15, 0.2) is 28.7 Å². The monoisotopic (exact) mass is 380 g/mol. The average Bonchev–Trinajstić information content (AvgIpc) is 2.78. The number of benzene rings is 1. The van der Waals surface area contributed by atoms with Crippen molar-refractivity contribution < 1.29 is 9.72 Å². The summed E-state index contributed by atoms with van der Waals surface area (Å²) >= 11 is 3.17. The molecule has 1 aromatic heterocycles. The number of carbonyl (C=O) groups is 1. The Bertz CT molecular complexity index is 725. The zero-order valence-electron chi connectivity index (χ0n) is 12.9. The second-order valence-corrected chi connectivity index (χ2v) is 6.01. The predicted octanol–water partition coefficient (Wildman–Crippen LogP) is 3.59. The minimum atomic E-state index is -0.530. The molecule has 0 unspecified atom stereocenters. The van der Waals surface area contributed by atoms with Crippen molar-refractivity contribution >= 4 is 33.3 Å². The maximum absolute atomic E-state index is 11.9. The third-order valence-corrected chi connectivity index (χ3v) is 4.33. The van der Waals surface area contributed by atoms with Gasteiger partial charge in [0.1, 0.15) is 4.47 Å². The van der Waals surface area contributed by atoms with E-state index in [1.54, 1.807) is 11.6 Å². The first-order valence-corrected chi connectivity index (χ1v) is 7.91. The molecule has 1 heterocycles. The van der Waals surface area contributed by atoms with E-state index in [-0.39, 0.29) is 11.7 Å². The number of nitro groups is 1. The third-order valence-electron chi connectivity index (χ3n) is 3.40. The highest BCUT2D eigenvalue weighted by molar-refractivity contribution is 9.10. The Hall–Kier alpha value is -2.22. The maximum Gasteiger partial charge on any atom is 0.404 e. The van der Waals surface area contributed by atoms with Crippen LogP contribution in [0.2, 0.25) is 0 Å². The van der Waals surface area contributed by atoms with Crippen molar-refractivity contribution in [3.63, 3.8) is 0 Å². The standard InChI is InChI=1S/C15H17BrN4O3/c1-10-5-7-12(8-6-10)17-13(21)4-3-9-19-11(2)14(16)15(18-19)20(22)23/h5-8H,3-4,9H2,1-2H3,(H,17,21). The zero-order valence-corrected chi connectivity index (χ0v) is 14.5. The van der Waals surface area contributed by atoms with E-state index in [2.05, 4.69) is 26.3 Å². The van der Waals surface area contributed by atoms with Crippen molar-refractivity contribution in [2.45, 2.75) is 33.2 Å². The Morgan fingerprint density at radius 1 is 1.35 bits per heavy atom. The van der Waals surface area contributed by atoms with E-state index in [1.165, 1.54) is 0 Å². The molecule has 1 N–H and O–H groups in total. The van der Waals surface area contributed by atoms with E-state index < -0.39 is 4.92 Å². The molecule has 0 bridgehead atoms. The lowest BCUT2D eigenvalue weighted by Gasteiger charge is -2.05. The normalized spacial score (nSPS) is 10.6. The summed E-state index contributed by atoms with van der Waals surface area (Å²) in [4.78, 5) is 22.2. The van der Waals surface area contributed by atoms with Gasteiger partial charge in [0.2, 0.25) is 5.91 Å². The van der Waals surface area contributed by atoms with Crippen LogP contribution in [0.3, 0.4) is 0 Å². The van der Waals surface area contributed by atoms with Crippen LogP contribution in [0, 0.1) is 24.0 Å². The molecule has 0 fully saturated rings. The molecule has 0 spiro atoms. The fourth-order valence-electron chi connectivity index (χ4n) is 2.09. The maximum atomic E-state index is 11.9. The largest absolute Gasteiger partial charge is 0.404 e. The molecule has 0 saturated heterocycles. The molecular formula is C15H17BrN4O3. The highest BCUT2D eigenvalue weighted by Gasteiger charge is 2.23. The molecular weight excluding hydrogens is 364 g/mol. The number of anilines is 1. The smallest absolute Gasteiger partial charge is 0.358 e. The number of amides is 1. The number of aryl methyl sites for hydroxylation is 2. The molecule has 0 saturated carbocycles. The molecule has 8 heteroatoms. The van der Waals surface area contributed by atoms with E-state index in [0.29, 0.717) is 29.6 Å². The fraction of sp³-hybridized carbons (Fsp3) is 0.333. The number of hydrogen-bond acceptors (Lipinski definition) is 4. The van der Waals surface area contributed by atoms with Gasteiger partial charge in [0.25, 0.3) is 0 Å². The summed E-state index contributed by atoms with van der Waals surface area (Å²) in [6.07, 6.45) is 0.863. The van der Waals surface area contributed by atoms with E-state index in [1.807, 2.05) is 31.2 Å². The number of rotatable bonds is 6. The van der Waals surface area contributed by atoms with Gasteiger partial charge in [-0.2, -0.15) is 4.68 Å². The summed E-state index contributed by atoms with van der Waals surface area (Å²) in [5.41, 5.74) is 2.56. The van der Waals surface area contributed by atoms with Crippen molar-refractivity contribution in [3.8, 4) is 0 Å². The Balaban J connectivity index is 1.87. The van der Waals surface area contributed by atoms with Crippen LogP contribution in [-0.4, -0.2) is 20.6 Å². The summed E-state index contributed by atoms with van der Waals surface area (Å²) in [5.74, 6) is -0.293. The van der Waals surface area contributed by atoms with E-state index in [9.17, 15) is 14.9 Å². The quantitative estimate of drug-likeness (QED) is 0.612. The van der Waals surface area contributed by atoms with Crippen LogP contribution in [0.1, 0.15) is 24.1 Å². The van der Waals surface area contributed by atoms with Crippen molar-refractivity contribution in [1.82, 2.24) is 9.78 Å². The number of aromatic nitrogens is 2. The molecule has 1 amide bonds. The lowest BCUT2D eigenvalue weighted by atomic mass is 10.2. The highest BCUT2D eigenvalue weighted by atomic mass is 79.9. The second kappa shape index (κ2) is 7.36. The lowest BCUT2D eigenvalue weighted by Crippen LogP contribution is -2.13. The predicted molar refractivity (Wildman–Crippen MR) is 90.4 cm³/mol. The summed E-state index contributed by atoms with van der Waals surface area (Å²) in [6, 6.07) is 7.56. The van der Waals surface area contributed by atoms with E-state index >= 15 is 0 Å². The molecule has 0 aliphatic rings. The Morgan fingerprint density at radius 2 is 2.00 bits per heavy atom. The first-order chi connectivity index (χ1) is 10.9. The van der Waals surface area contributed by atoms with Gasteiger partial charge in [-0.05, 0) is 53.3 Å². The Kier molecular flexibility index (Phi) is 5.49. The molecule has 0 radical (unpaired) electrons. The van der Waals surface area contributed by atoms with Gasteiger partial charge in [-0.3, -0.25) is 4.79 Å². The lowest BCUT2D eigenvalue weighted by molar-refractivity contribution is -0.390. The summed E-state index contributed by atoms with van der Waals surface area (Å²) in [5, 5.41) is 17.6. The van der Waals surface area contributed by atoms with E-state index in [4.69, 9.17) is 0 Å². The molecule has 23 heavy (non-hydrogen) atoms. The van der Waals surface area contributed by atoms with Gasteiger partial charge in [0.15, 0.2) is 0 Å². The van der Waals surface area contributed by atoms with E-state index in [0.717, 1.165) is 11.3 Å². The number of carbonyl (C=O) groups excluding carboxylic acids is 1. The van der Waals surface area contributed by atoms with Gasteiger partial charge in [0, 0.05) is 12.1 Å². The molecule has 1 aromatic carbocycles. The number of halogens is 1. The van der Waals surface area contributed by atoms with Crippen LogP contribution in [0.5, 0.6) is 0 Å². The summed E-state index contributed by atoms with van der Waals surface area (Å²) in [6.45, 7) is 4.17. The molecule has 2 rings (SSSR count). The molecule has 122 valence electrons. The van der Waals surface area contributed by atoms with Crippen molar-refractivity contribution in [2.24, 2.45) is 0 Å². The second-order valence-electron chi connectivity index (χ2n) is 5.22. The van der Waals surface area contributed by atoms with Gasteiger partial charge in [0.05, 0.1) is 17.3 Å². The van der Waals surface area contributed by atoms with Crippen LogP contribution >= 0.6 is 15.9 Å². The highest BCUT2D eigenvalue weighted by Crippen LogP contribution is 2.27. The fourth-order valence-corrected chi connectivity index (χ4v) is 2.52. The van der Waals surface area contributed by atoms with Crippen molar-refractivity contribution in [2.75, 3.05) is 5.32 Å². The van der Waals surface area contributed by atoms with Crippen molar-refractivity contribution in [1.29, 1.82) is 0 Å². The number of nitrogens with zero attached hydrogens (tertiary/aromatic N) is 3. The SMILES string of the molecule is Cc1ccc(NC(=O)CCCn2nc([N+](=O)[O-])c(Br)c2C)cc1. The molecule has 0 atom stereocenters. The third kappa shape index (κ3) is 4.38. The van der Waals surface area contributed by atoms with Crippen molar-refractivity contribution in [3.05, 3.63) is 50.1 Å². The first-order valence-electron chi connectivity index (χ1n) is 7.12. The minimum Gasteiger partial charge on any atom is -0.358 e. The topological polar surface area (TPSA) is 90.1 Å². The van der Waals surface area contributed by atoms with Gasteiger partial charge in [-0.25, -0.2) is 0 Å². The average molecular weight is 381 g/mol. The van der Waals surface area contributed by atoms with Gasteiger partial charge in [-0.1, -0.05) is 17.7 Å². The van der Waals surface area contributed by atoms with Crippen LogP contribution < -0.4 is 5.32 Å². The Labute approximate surface area is 142 Å². The number of nitrogens with one attached hydrogen (secondary N) is 1. The number of hydrogen-bond donors (Lipinski definition) is 1. The molecule has 2 aromatic rings. The van der Waals surface area contributed by atoms with Crippen LogP contribution in [-0.2, 0) is 11.3 Å². The summed E-state index contributed by atoms with van der Waals surface area (Å²) < 4.78 is 1.92. The molecule has 7 nitrogen and oxygen atoms in total. The minimum absolute atomic E-state index is 0.0905.